The van der Waals surface area contributed by atoms with E-state index in [0.29, 0.717) is 17.0 Å². The highest BCUT2D eigenvalue weighted by Crippen LogP contribution is 2.36. The highest BCUT2D eigenvalue weighted by molar-refractivity contribution is 7.89. The van der Waals surface area contributed by atoms with E-state index in [9.17, 15) is 22.0 Å². The van der Waals surface area contributed by atoms with Crippen LogP contribution >= 0.6 is 0 Å². The number of nitrogens with zero attached hydrogens (tertiary/aromatic N) is 4. The van der Waals surface area contributed by atoms with Gasteiger partial charge >= 0.3 is 0 Å². The van der Waals surface area contributed by atoms with E-state index in [1.807, 2.05) is 0 Å². The molecule has 1 N–H and O–H groups in total. The number of aromatic amines is 1. The maximum atomic E-state index is 14.3. The number of benzene rings is 1. The van der Waals surface area contributed by atoms with Gasteiger partial charge in [-0.2, -0.15) is 0 Å². The molecule has 0 aliphatic rings. The molecule has 9 nitrogen and oxygen atoms in total. The number of ether oxygens (including phenoxy) is 1. The molecule has 5 rings (SSSR count). The zero-order valence-electron chi connectivity index (χ0n) is 17.2. The van der Waals surface area contributed by atoms with E-state index in [4.69, 9.17) is 4.74 Å². The third kappa shape index (κ3) is 3.44. The molecular formula is C21H15F2N5O4S. The number of H-pyrrole nitrogens is 1. The Balaban J connectivity index is 1.84. The molecule has 33 heavy (non-hydrogen) atoms. The minimum Gasteiger partial charge on any atom is -0.434 e. The van der Waals surface area contributed by atoms with E-state index in [0.717, 1.165) is 22.4 Å². The van der Waals surface area contributed by atoms with Crippen molar-refractivity contribution >= 4 is 32.1 Å². The third-order valence-electron chi connectivity index (χ3n) is 5.06. The van der Waals surface area contributed by atoms with E-state index in [1.54, 1.807) is 12.3 Å². The highest BCUT2D eigenvalue weighted by Gasteiger charge is 2.22. The molecule has 0 atom stereocenters. The number of nitrogens with one attached hydrogen (secondary N) is 1. The van der Waals surface area contributed by atoms with Gasteiger partial charge in [-0.3, -0.25) is 4.79 Å². The average Bonchev–Trinajstić information content (AvgIpc) is 3.39. The maximum Gasteiger partial charge on any atom is 0.274 e. The second-order valence-corrected chi connectivity index (χ2v) is 9.22. The summed E-state index contributed by atoms with van der Waals surface area (Å²) in [6.45, 7) is 0. The van der Waals surface area contributed by atoms with E-state index >= 15 is 0 Å². The zero-order chi connectivity index (χ0) is 23.5. The number of rotatable bonds is 4. The molecule has 12 heteroatoms. The fraction of sp³-hybridized carbons (Fsp3) is 0.0952. The number of hydrogen-bond acceptors (Lipinski definition) is 6. The van der Waals surface area contributed by atoms with Crippen LogP contribution in [0.3, 0.4) is 0 Å². The van der Waals surface area contributed by atoms with Crippen molar-refractivity contribution in [2.45, 2.75) is 0 Å². The number of pyridine rings is 1. The van der Waals surface area contributed by atoms with Crippen LogP contribution in [-0.4, -0.2) is 38.2 Å². The summed E-state index contributed by atoms with van der Waals surface area (Å²) in [6, 6.07) is 5.87. The van der Waals surface area contributed by atoms with Gasteiger partial charge in [0.05, 0.1) is 6.26 Å². The Hall–Kier alpha value is -4.06. The molecule has 0 aliphatic carbocycles. The highest BCUT2D eigenvalue weighted by atomic mass is 32.2. The van der Waals surface area contributed by atoms with Crippen molar-refractivity contribution in [2.24, 2.45) is 7.05 Å². The molecule has 0 amide bonds. The third-order valence-corrected chi connectivity index (χ3v) is 6.06. The van der Waals surface area contributed by atoms with Crippen LogP contribution in [0.2, 0.25) is 0 Å². The molecule has 0 radical (unpaired) electrons. The number of aryl methyl sites for hydroxylation is 1. The Labute approximate surface area is 185 Å². The van der Waals surface area contributed by atoms with Crippen molar-refractivity contribution in [2.75, 3.05) is 6.26 Å². The topological polar surface area (TPSA) is 112 Å². The number of hydrogen-bond donors (Lipinski definition) is 1. The fourth-order valence-electron chi connectivity index (χ4n) is 3.54. The molecule has 0 saturated carbocycles. The van der Waals surface area contributed by atoms with Crippen LogP contribution in [0.25, 0.3) is 33.3 Å². The first-order chi connectivity index (χ1) is 15.6. The quantitative estimate of drug-likeness (QED) is 0.431. The normalized spacial score (nSPS) is 12.0. The smallest absolute Gasteiger partial charge is 0.274 e. The molecule has 0 spiro atoms. The van der Waals surface area contributed by atoms with Gasteiger partial charge in [-0.25, -0.2) is 31.1 Å². The summed E-state index contributed by atoms with van der Waals surface area (Å²) in [6.07, 6.45) is 5.37. The first-order valence-electron chi connectivity index (χ1n) is 9.53. The largest absolute Gasteiger partial charge is 0.434 e. The molecule has 4 aromatic heterocycles. The molecule has 5 aromatic rings. The fourth-order valence-corrected chi connectivity index (χ4v) is 4.27. The summed E-state index contributed by atoms with van der Waals surface area (Å²) < 4.78 is 60.0. The Kier molecular flexibility index (Phi) is 4.57. The van der Waals surface area contributed by atoms with E-state index in [-0.39, 0.29) is 39.6 Å². The van der Waals surface area contributed by atoms with Gasteiger partial charge < -0.3 is 14.3 Å². The Morgan fingerprint density at radius 1 is 1.12 bits per heavy atom. The van der Waals surface area contributed by atoms with Crippen LogP contribution in [0, 0.1) is 11.6 Å². The average molecular weight is 471 g/mol. The van der Waals surface area contributed by atoms with E-state index < -0.39 is 21.7 Å². The van der Waals surface area contributed by atoms with E-state index in [2.05, 4.69) is 15.0 Å². The summed E-state index contributed by atoms with van der Waals surface area (Å²) in [5.74, 6) is -2.19. The second kappa shape index (κ2) is 7.24. The van der Waals surface area contributed by atoms with Crippen molar-refractivity contribution in [3.05, 3.63) is 70.9 Å². The van der Waals surface area contributed by atoms with Crippen molar-refractivity contribution in [3.8, 4) is 22.9 Å². The lowest BCUT2D eigenvalue weighted by Gasteiger charge is -2.13. The molecule has 0 saturated heterocycles. The van der Waals surface area contributed by atoms with Gasteiger partial charge in [0.15, 0.2) is 17.2 Å². The van der Waals surface area contributed by atoms with Gasteiger partial charge in [0.25, 0.3) is 5.56 Å². The first kappa shape index (κ1) is 20.8. The van der Waals surface area contributed by atoms with Crippen LogP contribution in [0.1, 0.15) is 0 Å². The van der Waals surface area contributed by atoms with Crippen molar-refractivity contribution in [1.82, 2.24) is 23.5 Å². The maximum absolute atomic E-state index is 14.3. The van der Waals surface area contributed by atoms with Crippen LogP contribution in [-0.2, 0) is 17.1 Å². The van der Waals surface area contributed by atoms with Crippen molar-refractivity contribution in [1.29, 1.82) is 0 Å². The summed E-state index contributed by atoms with van der Waals surface area (Å²) in [5.41, 5.74) is 0.652. The van der Waals surface area contributed by atoms with Crippen LogP contribution in [0.15, 0.2) is 53.7 Å². The summed E-state index contributed by atoms with van der Waals surface area (Å²) >= 11 is 0. The van der Waals surface area contributed by atoms with E-state index in [1.165, 1.54) is 30.1 Å². The monoisotopic (exact) mass is 471 g/mol. The number of fused-ring (bicyclic) bond motifs is 2. The van der Waals surface area contributed by atoms with Gasteiger partial charge in [0.1, 0.15) is 22.5 Å². The molecule has 4 heterocycles. The SMILES string of the molecule is Cn1cc(-c2nc3c(ccn3S(C)(=O)=O)nc2Oc2ccc(F)cc2F)c2cc[nH]c2c1=O. The molecule has 0 unspecified atom stereocenters. The number of aromatic nitrogens is 5. The molecule has 1 aromatic carbocycles. The minimum atomic E-state index is -3.70. The molecule has 168 valence electrons. The summed E-state index contributed by atoms with van der Waals surface area (Å²) in [7, 11) is -2.17. The molecular weight excluding hydrogens is 456 g/mol. The predicted molar refractivity (Wildman–Crippen MR) is 117 cm³/mol. The Morgan fingerprint density at radius 2 is 1.91 bits per heavy atom. The van der Waals surface area contributed by atoms with Crippen LogP contribution in [0.5, 0.6) is 11.6 Å². The summed E-state index contributed by atoms with van der Waals surface area (Å²) in [4.78, 5) is 24.2. The van der Waals surface area contributed by atoms with Crippen LogP contribution in [0.4, 0.5) is 8.78 Å². The standard InChI is InChI=1S/C21H15F2N5O4S/c1-27-10-13(12-5-7-24-18(12)21(27)29)17-20(32-16-4-3-11(22)9-14(16)23)25-15-6-8-28(19(15)26-17)33(2,30)31/h3-10,24H,1-2H3. The number of halogens is 2. The lowest BCUT2D eigenvalue weighted by Crippen LogP contribution is -2.17. The molecule has 0 bridgehead atoms. The zero-order valence-corrected chi connectivity index (χ0v) is 18.0. The van der Waals surface area contributed by atoms with Gasteiger partial charge in [-0.05, 0) is 24.3 Å². The predicted octanol–water partition coefficient (Wildman–Crippen LogP) is 3.16. The second-order valence-electron chi connectivity index (χ2n) is 7.36. The minimum absolute atomic E-state index is 0.0250. The van der Waals surface area contributed by atoms with Crippen molar-refractivity contribution < 1.29 is 21.9 Å². The van der Waals surface area contributed by atoms with Gasteiger partial charge in [0.2, 0.25) is 15.9 Å². The Morgan fingerprint density at radius 3 is 2.64 bits per heavy atom. The lowest BCUT2D eigenvalue weighted by atomic mass is 10.1. The lowest BCUT2D eigenvalue weighted by molar-refractivity contribution is 0.425. The van der Waals surface area contributed by atoms with Crippen molar-refractivity contribution in [3.63, 3.8) is 0 Å². The Bertz CT molecular complexity index is 1740. The van der Waals surface area contributed by atoms with Crippen LogP contribution < -0.4 is 10.3 Å². The van der Waals surface area contributed by atoms with Gasteiger partial charge in [-0.15, -0.1) is 0 Å². The first-order valence-corrected chi connectivity index (χ1v) is 11.4. The molecule has 0 fully saturated rings. The van der Waals surface area contributed by atoms with Gasteiger partial charge in [0, 0.05) is 42.7 Å². The summed E-state index contributed by atoms with van der Waals surface area (Å²) in [5, 5.41) is 0.480. The van der Waals surface area contributed by atoms with Gasteiger partial charge in [-0.1, -0.05) is 0 Å². The molecule has 0 aliphatic heterocycles.